The minimum Gasteiger partial charge on any atom is -0.444 e. The van der Waals surface area contributed by atoms with Crippen LogP contribution in [0.4, 0.5) is 10.5 Å². The van der Waals surface area contributed by atoms with Crippen LogP contribution in [0.2, 0.25) is 0 Å². The zero-order valence-corrected chi connectivity index (χ0v) is 11.1. The third-order valence-electron chi connectivity index (χ3n) is 2.82. The molecule has 0 unspecified atom stereocenters. The van der Waals surface area contributed by atoms with Crippen LogP contribution in [0.3, 0.4) is 0 Å². The minimum absolute atomic E-state index is 0.282. The molecule has 0 aliphatic carbocycles. The predicted molar refractivity (Wildman–Crippen MR) is 69.0 cm³/mol. The van der Waals surface area contributed by atoms with Crippen molar-refractivity contribution in [3.05, 3.63) is 23.5 Å². The Morgan fingerprint density at radius 2 is 2.17 bits per heavy atom. The fraction of sp³-hybridized carbons (Fsp3) is 0.538. The molecule has 5 heteroatoms. The summed E-state index contributed by atoms with van der Waals surface area (Å²) in [6.45, 7) is 6.74. The van der Waals surface area contributed by atoms with Gasteiger partial charge in [0.1, 0.15) is 5.60 Å². The van der Waals surface area contributed by atoms with Gasteiger partial charge in [-0.25, -0.2) is 4.79 Å². The van der Waals surface area contributed by atoms with Gasteiger partial charge in [0.25, 0.3) is 0 Å². The highest BCUT2D eigenvalue weighted by Gasteiger charge is 2.26. The number of rotatable bonds is 0. The molecular formula is C13H19N3O2. The van der Waals surface area contributed by atoms with Gasteiger partial charge in [-0.15, -0.1) is 0 Å². The molecular weight excluding hydrogens is 230 g/mol. The third kappa shape index (κ3) is 2.72. The molecule has 0 aromatic carbocycles. The molecule has 0 saturated carbocycles. The number of fused-ring (bicyclic) bond motifs is 1. The Bertz CT molecular complexity index is 466. The van der Waals surface area contributed by atoms with Crippen LogP contribution in [0.5, 0.6) is 0 Å². The molecule has 0 saturated heterocycles. The topological polar surface area (TPSA) is 68.5 Å². The monoisotopic (exact) mass is 249 g/mol. The number of amides is 1. The van der Waals surface area contributed by atoms with Gasteiger partial charge in [-0.1, -0.05) is 0 Å². The van der Waals surface area contributed by atoms with E-state index < -0.39 is 5.60 Å². The number of carbonyl (C=O) groups is 1. The van der Waals surface area contributed by atoms with Crippen molar-refractivity contribution in [2.45, 2.75) is 39.3 Å². The number of ether oxygens (including phenoxy) is 1. The lowest BCUT2D eigenvalue weighted by Gasteiger charge is -2.31. The van der Waals surface area contributed by atoms with Crippen LogP contribution >= 0.6 is 0 Å². The Kier molecular flexibility index (Phi) is 3.15. The first-order valence-corrected chi connectivity index (χ1v) is 6.06. The normalized spacial score (nSPS) is 15.2. The summed E-state index contributed by atoms with van der Waals surface area (Å²) in [7, 11) is 0. The smallest absolute Gasteiger partial charge is 0.410 e. The first kappa shape index (κ1) is 12.7. The van der Waals surface area contributed by atoms with Crippen molar-refractivity contribution in [2.24, 2.45) is 0 Å². The molecule has 2 rings (SSSR count). The third-order valence-corrected chi connectivity index (χ3v) is 2.82. The van der Waals surface area contributed by atoms with E-state index in [2.05, 4.69) is 4.98 Å². The maximum absolute atomic E-state index is 12.0. The number of hydrogen-bond donors (Lipinski definition) is 1. The number of nitrogens with zero attached hydrogens (tertiary/aromatic N) is 2. The highest BCUT2D eigenvalue weighted by Crippen LogP contribution is 2.24. The summed E-state index contributed by atoms with van der Waals surface area (Å²) in [5.41, 5.74) is 8.21. The number of hydrogen-bond acceptors (Lipinski definition) is 4. The largest absolute Gasteiger partial charge is 0.444 e. The van der Waals surface area contributed by atoms with Crippen LogP contribution in [0, 0.1) is 0 Å². The van der Waals surface area contributed by atoms with Gasteiger partial charge in [-0.2, -0.15) is 0 Å². The molecule has 0 fully saturated rings. The summed E-state index contributed by atoms with van der Waals surface area (Å²) >= 11 is 0. The number of anilines is 1. The first-order valence-electron chi connectivity index (χ1n) is 6.06. The van der Waals surface area contributed by atoms with E-state index in [1.165, 1.54) is 0 Å². The summed E-state index contributed by atoms with van der Waals surface area (Å²) in [5, 5.41) is 0. The van der Waals surface area contributed by atoms with Gasteiger partial charge in [0.15, 0.2) is 0 Å². The van der Waals surface area contributed by atoms with Crippen molar-refractivity contribution in [3.8, 4) is 0 Å². The summed E-state index contributed by atoms with van der Waals surface area (Å²) in [4.78, 5) is 17.7. The molecule has 1 aliphatic heterocycles. The van der Waals surface area contributed by atoms with Crippen molar-refractivity contribution >= 4 is 11.8 Å². The van der Waals surface area contributed by atoms with Crippen LogP contribution in [-0.2, 0) is 17.7 Å². The maximum atomic E-state index is 12.0. The summed E-state index contributed by atoms with van der Waals surface area (Å²) in [5.74, 6) is 0. The SMILES string of the molecule is CC(C)(C)OC(=O)N1CCc2c(N)cncc2C1. The van der Waals surface area contributed by atoms with Crippen LogP contribution in [0.25, 0.3) is 0 Å². The second-order valence-electron chi connectivity index (χ2n) is 5.52. The summed E-state index contributed by atoms with van der Waals surface area (Å²) in [6.07, 6.45) is 3.89. The molecule has 0 spiro atoms. The Labute approximate surface area is 107 Å². The van der Waals surface area contributed by atoms with Gasteiger partial charge >= 0.3 is 6.09 Å². The molecule has 18 heavy (non-hydrogen) atoms. The zero-order chi connectivity index (χ0) is 13.3. The van der Waals surface area contributed by atoms with Gasteiger partial charge in [-0.05, 0) is 38.3 Å². The van der Waals surface area contributed by atoms with E-state index in [0.29, 0.717) is 18.8 Å². The standard InChI is InChI=1S/C13H19N3O2/c1-13(2,3)18-12(17)16-5-4-10-9(8-16)6-15-7-11(10)14/h6-7H,4-5,8,14H2,1-3H3. The van der Waals surface area contributed by atoms with Gasteiger partial charge in [0.05, 0.1) is 18.4 Å². The molecule has 0 bridgehead atoms. The highest BCUT2D eigenvalue weighted by molar-refractivity contribution is 5.69. The number of carbonyl (C=O) groups excluding carboxylic acids is 1. The number of aromatic nitrogens is 1. The van der Waals surface area contributed by atoms with E-state index >= 15 is 0 Å². The van der Waals surface area contributed by atoms with Gasteiger partial charge < -0.3 is 15.4 Å². The number of nitrogens with two attached hydrogens (primary N) is 1. The number of pyridine rings is 1. The average Bonchev–Trinajstić information content (AvgIpc) is 2.26. The first-order chi connectivity index (χ1) is 8.37. The van der Waals surface area contributed by atoms with Gasteiger partial charge in [-0.3, -0.25) is 4.98 Å². The molecule has 1 amide bonds. The lowest BCUT2D eigenvalue weighted by molar-refractivity contribution is 0.0224. The van der Waals surface area contributed by atoms with Crippen LogP contribution in [0.1, 0.15) is 31.9 Å². The molecule has 1 aliphatic rings. The second-order valence-corrected chi connectivity index (χ2v) is 5.52. The second kappa shape index (κ2) is 4.48. The molecule has 0 atom stereocenters. The van der Waals surface area contributed by atoms with Gasteiger partial charge in [0, 0.05) is 12.7 Å². The molecule has 0 radical (unpaired) electrons. The number of nitrogen functional groups attached to an aromatic ring is 1. The predicted octanol–water partition coefficient (Wildman–Crippen LogP) is 1.96. The van der Waals surface area contributed by atoms with E-state index in [9.17, 15) is 4.79 Å². The van der Waals surface area contributed by atoms with E-state index in [1.807, 2.05) is 20.8 Å². The lowest BCUT2D eigenvalue weighted by Crippen LogP contribution is -2.40. The fourth-order valence-electron chi connectivity index (χ4n) is 2.00. The molecule has 2 heterocycles. The zero-order valence-electron chi connectivity index (χ0n) is 11.1. The van der Waals surface area contributed by atoms with Crippen LogP contribution in [-0.4, -0.2) is 28.1 Å². The molecule has 98 valence electrons. The summed E-state index contributed by atoms with van der Waals surface area (Å²) < 4.78 is 5.36. The average molecular weight is 249 g/mol. The Morgan fingerprint density at radius 1 is 1.44 bits per heavy atom. The Hall–Kier alpha value is -1.78. The Balaban J connectivity index is 2.11. The van der Waals surface area contributed by atoms with Crippen LogP contribution < -0.4 is 5.73 Å². The molecule has 5 nitrogen and oxygen atoms in total. The van der Waals surface area contributed by atoms with Gasteiger partial charge in [0.2, 0.25) is 0 Å². The van der Waals surface area contributed by atoms with Crippen LogP contribution in [0.15, 0.2) is 12.4 Å². The van der Waals surface area contributed by atoms with Crippen molar-refractivity contribution in [1.29, 1.82) is 0 Å². The molecule has 1 aromatic heterocycles. The van der Waals surface area contributed by atoms with E-state index in [4.69, 9.17) is 10.5 Å². The summed E-state index contributed by atoms with van der Waals surface area (Å²) in [6, 6.07) is 0. The lowest BCUT2D eigenvalue weighted by atomic mass is 10.0. The molecule has 2 N–H and O–H groups in total. The van der Waals surface area contributed by atoms with E-state index in [-0.39, 0.29) is 6.09 Å². The quantitative estimate of drug-likeness (QED) is 0.763. The van der Waals surface area contributed by atoms with Crippen molar-refractivity contribution in [2.75, 3.05) is 12.3 Å². The fourth-order valence-corrected chi connectivity index (χ4v) is 2.00. The van der Waals surface area contributed by atoms with Crippen molar-refractivity contribution < 1.29 is 9.53 Å². The highest BCUT2D eigenvalue weighted by atomic mass is 16.6. The minimum atomic E-state index is -0.467. The maximum Gasteiger partial charge on any atom is 0.410 e. The van der Waals surface area contributed by atoms with Crippen molar-refractivity contribution in [3.63, 3.8) is 0 Å². The van der Waals surface area contributed by atoms with Crippen molar-refractivity contribution in [1.82, 2.24) is 9.88 Å². The molecule has 1 aromatic rings. The van der Waals surface area contributed by atoms with E-state index in [0.717, 1.165) is 17.5 Å². The van der Waals surface area contributed by atoms with E-state index in [1.54, 1.807) is 17.3 Å². The Morgan fingerprint density at radius 3 is 2.83 bits per heavy atom.